The molecule has 0 saturated heterocycles. The minimum atomic E-state index is -2.29. The molecular weight excluding hydrogens is 597 g/mol. The van der Waals surface area contributed by atoms with Gasteiger partial charge < -0.3 is 18.4 Å². The fraction of sp³-hybridized carbons (Fsp3) is 0.111. The van der Waals surface area contributed by atoms with E-state index in [0.717, 1.165) is 27.0 Å². The van der Waals surface area contributed by atoms with E-state index >= 15 is 0 Å². The third kappa shape index (κ3) is 4.13. The fourth-order valence-electron chi connectivity index (χ4n) is 4.05. The van der Waals surface area contributed by atoms with Gasteiger partial charge in [-0.1, -0.05) is 42.1 Å². The van der Waals surface area contributed by atoms with E-state index in [9.17, 15) is 0 Å². The molecule has 0 unspecified atom stereocenters. The van der Waals surface area contributed by atoms with Crippen LogP contribution in [0.15, 0.2) is 85.7 Å². The van der Waals surface area contributed by atoms with E-state index in [4.69, 9.17) is 4.11 Å². The maximum atomic E-state index is 7.63. The molecule has 6 rings (SSSR count). The van der Waals surface area contributed by atoms with Crippen LogP contribution >= 0.6 is 0 Å². The van der Waals surface area contributed by atoms with Crippen molar-refractivity contribution >= 4 is 29.4 Å². The van der Waals surface area contributed by atoms with Crippen LogP contribution in [-0.2, 0) is 27.1 Å². The van der Waals surface area contributed by atoms with Crippen molar-refractivity contribution in [2.75, 3.05) is 11.9 Å². The molecule has 0 atom stereocenters. The van der Waals surface area contributed by atoms with Crippen LogP contribution < -0.4 is 9.38 Å². The molecule has 3 aromatic carbocycles. The summed E-state index contributed by atoms with van der Waals surface area (Å²) in [6, 6.07) is 27.1. The SMILES string of the molecule is CB1N(C)c2ccc[c-]c2-c2nccn21.[2H]C([2H])([2H])[n+]1[c-]n(C(=C)c2[c-]cccc2)c2ccccc21.[Ir+3]. The third-order valence-electron chi connectivity index (χ3n) is 5.92. The first-order valence-corrected chi connectivity index (χ1v) is 10.7. The first-order valence-electron chi connectivity index (χ1n) is 12.2. The zero-order chi connectivity index (χ0) is 25.4. The second-order valence-electron chi connectivity index (χ2n) is 7.81. The first kappa shape index (κ1) is 20.0. The topological polar surface area (TPSA) is 29.9 Å². The molecule has 0 N–H and O–H groups in total. The molecule has 168 valence electrons. The molecule has 0 aliphatic carbocycles. The maximum absolute atomic E-state index is 7.63. The number of imidazole rings is 2. The molecule has 0 amide bonds. The van der Waals surface area contributed by atoms with Crippen LogP contribution in [-0.4, -0.2) is 28.1 Å². The zero-order valence-corrected chi connectivity index (χ0v) is 21.3. The largest absolute Gasteiger partial charge is 3.00 e. The van der Waals surface area contributed by atoms with E-state index in [1.165, 1.54) is 5.69 Å². The molecule has 0 bridgehead atoms. The summed E-state index contributed by atoms with van der Waals surface area (Å²) < 4.78 is 27.9. The summed E-state index contributed by atoms with van der Waals surface area (Å²) in [5, 5.41) is 0. The quantitative estimate of drug-likeness (QED) is 0.166. The van der Waals surface area contributed by atoms with Crippen molar-refractivity contribution in [2.24, 2.45) is 6.98 Å². The molecule has 34 heavy (non-hydrogen) atoms. The van der Waals surface area contributed by atoms with E-state index in [1.54, 1.807) is 22.8 Å². The van der Waals surface area contributed by atoms with Crippen LogP contribution in [0.5, 0.6) is 0 Å². The number of rotatable bonds is 2. The maximum Gasteiger partial charge on any atom is 3.00 e. The Bertz CT molecular complexity index is 1540. The third-order valence-corrected chi connectivity index (χ3v) is 5.92. The van der Waals surface area contributed by atoms with Gasteiger partial charge in [-0.25, -0.2) is 0 Å². The van der Waals surface area contributed by atoms with Gasteiger partial charge in [0, 0.05) is 23.9 Å². The van der Waals surface area contributed by atoms with E-state index < -0.39 is 6.98 Å². The number of benzene rings is 3. The summed E-state index contributed by atoms with van der Waals surface area (Å²) in [6.45, 7) is 4.24. The molecule has 0 fully saturated rings. The predicted molar refractivity (Wildman–Crippen MR) is 134 cm³/mol. The van der Waals surface area contributed by atoms with E-state index in [2.05, 4.69) is 59.2 Å². The Hall–Kier alpha value is -3.41. The van der Waals surface area contributed by atoms with Gasteiger partial charge in [-0.3, -0.25) is 4.98 Å². The summed E-state index contributed by atoms with van der Waals surface area (Å²) in [5.74, 6) is 1.01. The van der Waals surface area contributed by atoms with Crippen LogP contribution in [0.1, 0.15) is 9.68 Å². The van der Waals surface area contributed by atoms with Gasteiger partial charge >= 0.3 is 27.1 Å². The number of para-hydroxylation sites is 2. The summed E-state index contributed by atoms with van der Waals surface area (Å²) in [7, 11) is 2.10. The summed E-state index contributed by atoms with van der Waals surface area (Å²) in [6.07, 6.45) is 6.74. The number of nitrogens with zero attached hydrogens (tertiary/aromatic N) is 5. The van der Waals surface area contributed by atoms with Gasteiger partial charge in [0.1, 0.15) is 0 Å². The molecule has 0 spiro atoms. The molecule has 0 radical (unpaired) electrons. The van der Waals surface area contributed by atoms with E-state index in [0.29, 0.717) is 18.2 Å². The van der Waals surface area contributed by atoms with Gasteiger partial charge in [0.05, 0.1) is 22.1 Å². The summed E-state index contributed by atoms with van der Waals surface area (Å²) >= 11 is 0. The summed E-state index contributed by atoms with van der Waals surface area (Å²) in [5.41, 5.74) is 5.05. The average Bonchev–Trinajstić information content (AvgIpc) is 3.54. The fourth-order valence-corrected chi connectivity index (χ4v) is 4.05. The second kappa shape index (κ2) is 9.84. The molecular formula is C27H24BIrN5+. The number of hydrogen-bond donors (Lipinski definition) is 0. The van der Waals surface area contributed by atoms with Crippen LogP contribution in [0.3, 0.4) is 0 Å². The molecule has 0 saturated carbocycles. The minimum absolute atomic E-state index is 0. The van der Waals surface area contributed by atoms with Gasteiger partial charge in [0.2, 0.25) is 6.33 Å². The average molecular weight is 625 g/mol. The standard InChI is InChI=1S/C16H13N2.C11H11BN3.Ir/c1-13(14-8-4-3-5-9-14)18-12-17(2)15-10-6-7-11-16(15)18;1-12-14(2)10-6-4-3-5-9(10)11-13-7-8-15(11)12;/h3-8,10-11H,1H2,2H3;3-4,6-8H,1-2H3;/q2*-1;+3/i2D3;;. The Morgan fingerprint density at radius 2 is 1.88 bits per heavy atom. The molecule has 1 aliphatic heterocycles. The Morgan fingerprint density at radius 3 is 2.68 bits per heavy atom. The monoisotopic (exact) mass is 625 g/mol. The molecule has 5 aromatic rings. The second-order valence-corrected chi connectivity index (χ2v) is 7.81. The Labute approximate surface area is 218 Å². The van der Waals surface area contributed by atoms with Crippen molar-refractivity contribution < 1.29 is 28.8 Å². The van der Waals surface area contributed by atoms with Gasteiger partial charge in [0.15, 0.2) is 0 Å². The van der Waals surface area contributed by atoms with Gasteiger partial charge in [-0.05, 0) is 13.9 Å². The molecule has 7 heteroatoms. The number of fused-ring (bicyclic) bond motifs is 4. The van der Waals surface area contributed by atoms with Crippen LogP contribution in [0.4, 0.5) is 5.69 Å². The molecule has 3 heterocycles. The Morgan fingerprint density at radius 1 is 1.09 bits per heavy atom. The number of aryl methyl sites for hydroxylation is 1. The van der Waals surface area contributed by atoms with Gasteiger partial charge in [0.25, 0.3) is 0 Å². The van der Waals surface area contributed by atoms with Gasteiger partial charge in [-0.15, -0.1) is 60.2 Å². The van der Waals surface area contributed by atoms with Crippen molar-refractivity contribution in [3.8, 4) is 11.4 Å². The molecule has 5 nitrogen and oxygen atoms in total. The minimum Gasteiger partial charge on any atom is -0.440 e. The number of hydrogen-bond acceptors (Lipinski definition) is 2. The molecule has 1 aliphatic rings. The van der Waals surface area contributed by atoms with Crippen molar-refractivity contribution in [1.29, 1.82) is 0 Å². The van der Waals surface area contributed by atoms with Crippen LogP contribution in [0.25, 0.3) is 28.1 Å². The van der Waals surface area contributed by atoms with Crippen LogP contribution in [0.2, 0.25) is 6.82 Å². The molecule has 2 aromatic heterocycles. The number of anilines is 1. The Kier molecular flexibility index (Phi) is 5.79. The number of aromatic nitrogens is 4. The predicted octanol–water partition coefficient (Wildman–Crippen LogP) is 4.35. The zero-order valence-electron chi connectivity index (χ0n) is 21.9. The van der Waals surface area contributed by atoms with Crippen molar-refractivity contribution in [1.82, 2.24) is 14.0 Å². The van der Waals surface area contributed by atoms with Crippen molar-refractivity contribution in [3.63, 3.8) is 0 Å². The Balaban J connectivity index is 0.000000177. The first-order chi connectivity index (χ1) is 17.3. The van der Waals surface area contributed by atoms with Crippen molar-refractivity contribution in [3.05, 3.63) is 110 Å². The van der Waals surface area contributed by atoms with E-state index in [1.807, 2.05) is 54.9 Å². The smallest absolute Gasteiger partial charge is 0.440 e. The summed E-state index contributed by atoms with van der Waals surface area (Å²) in [4.78, 5) is 6.62. The van der Waals surface area contributed by atoms with E-state index in [-0.39, 0.29) is 20.1 Å². The van der Waals surface area contributed by atoms with Gasteiger partial charge in [-0.2, -0.15) is 0 Å². The van der Waals surface area contributed by atoms with Crippen LogP contribution in [0, 0.1) is 18.5 Å². The van der Waals surface area contributed by atoms with Crippen molar-refractivity contribution in [2.45, 2.75) is 6.82 Å². The normalized spacial score (nSPS) is 13.4.